The normalized spacial score (nSPS) is 18.1. The molecule has 1 fully saturated rings. The molecule has 1 aliphatic heterocycles. The van der Waals surface area contributed by atoms with E-state index < -0.39 is 6.10 Å². The highest BCUT2D eigenvalue weighted by Crippen LogP contribution is 2.36. The van der Waals surface area contributed by atoms with Crippen LogP contribution in [0.2, 0.25) is 0 Å². The summed E-state index contributed by atoms with van der Waals surface area (Å²) in [5.41, 5.74) is 2.04. The summed E-state index contributed by atoms with van der Waals surface area (Å²) >= 11 is 0. The van der Waals surface area contributed by atoms with Crippen LogP contribution in [-0.2, 0) is 4.79 Å². The zero-order chi connectivity index (χ0) is 22.7. The maximum atomic E-state index is 13.8. The Balaban J connectivity index is 1.58. The van der Waals surface area contributed by atoms with Crippen molar-refractivity contribution in [3.05, 3.63) is 54.1 Å². The highest BCUT2D eigenvalue weighted by molar-refractivity contribution is 5.95. The first kappa shape index (κ1) is 22.2. The first-order valence-electron chi connectivity index (χ1n) is 11.4. The van der Waals surface area contributed by atoms with Gasteiger partial charge < -0.3 is 15.3 Å². The van der Waals surface area contributed by atoms with Crippen molar-refractivity contribution in [2.45, 2.75) is 58.1 Å². The Labute approximate surface area is 187 Å². The lowest BCUT2D eigenvalue weighted by atomic mass is 9.96. The molecular weight excluding hydrogens is 409 g/mol. The lowest BCUT2D eigenvalue weighted by Crippen LogP contribution is -2.26. The van der Waals surface area contributed by atoms with Gasteiger partial charge in [-0.15, -0.1) is 0 Å². The van der Waals surface area contributed by atoms with Gasteiger partial charge in [0.15, 0.2) is 5.65 Å². The topological polar surface area (TPSA) is 82.8 Å². The third-order valence-electron chi connectivity index (χ3n) is 6.28. The van der Waals surface area contributed by atoms with Gasteiger partial charge in [-0.2, -0.15) is 5.10 Å². The van der Waals surface area contributed by atoms with Crippen LogP contribution in [0.4, 0.5) is 15.9 Å². The number of aliphatic hydroxyl groups is 1. The highest BCUT2D eigenvalue weighted by Gasteiger charge is 2.28. The summed E-state index contributed by atoms with van der Waals surface area (Å²) in [6.45, 7) is 4.67. The van der Waals surface area contributed by atoms with Crippen LogP contribution in [0.5, 0.6) is 0 Å². The van der Waals surface area contributed by atoms with E-state index in [1.54, 1.807) is 22.8 Å². The minimum atomic E-state index is -0.491. The van der Waals surface area contributed by atoms with Crippen molar-refractivity contribution in [3.63, 3.8) is 0 Å². The molecule has 170 valence electrons. The summed E-state index contributed by atoms with van der Waals surface area (Å²) in [5.74, 6) is 0.117. The molecule has 32 heavy (non-hydrogen) atoms. The number of hydrogen-bond acceptors (Lipinski definition) is 5. The first-order chi connectivity index (χ1) is 15.5. The molecule has 3 atom stereocenters. The molecule has 2 aromatic heterocycles. The van der Waals surface area contributed by atoms with Crippen LogP contribution in [0.1, 0.15) is 57.6 Å². The number of anilines is 2. The van der Waals surface area contributed by atoms with E-state index in [2.05, 4.69) is 15.3 Å². The van der Waals surface area contributed by atoms with Crippen LogP contribution >= 0.6 is 0 Å². The molecule has 0 spiro atoms. The molecule has 8 heteroatoms. The zero-order valence-corrected chi connectivity index (χ0v) is 18.5. The average molecular weight is 440 g/mol. The summed E-state index contributed by atoms with van der Waals surface area (Å²) in [5, 5.41) is 17.2. The number of aromatic nitrogens is 3. The Morgan fingerprint density at radius 3 is 2.91 bits per heavy atom. The highest BCUT2D eigenvalue weighted by atomic mass is 19.1. The number of carbonyl (C=O) groups is 1. The van der Waals surface area contributed by atoms with Crippen LogP contribution in [0.3, 0.4) is 0 Å². The number of hydrogen-bond donors (Lipinski definition) is 2. The number of nitrogens with zero attached hydrogens (tertiary/aromatic N) is 4. The Bertz CT molecular complexity index is 1090. The molecule has 1 aromatic carbocycles. The molecule has 0 bridgehead atoms. The first-order valence-corrected chi connectivity index (χ1v) is 11.4. The van der Waals surface area contributed by atoms with Crippen molar-refractivity contribution in [1.82, 2.24) is 14.6 Å². The van der Waals surface area contributed by atoms with E-state index in [1.165, 1.54) is 6.07 Å². The number of carbonyl (C=O) groups excluding carboxylic acids is 1. The number of aliphatic hydroxyl groups excluding tert-OH is 1. The molecule has 3 unspecified atom stereocenters. The van der Waals surface area contributed by atoms with E-state index in [1.807, 2.05) is 32.2 Å². The molecule has 0 aliphatic carbocycles. The Hall–Kier alpha value is -3.00. The van der Waals surface area contributed by atoms with Gasteiger partial charge in [0.25, 0.3) is 0 Å². The van der Waals surface area contributed by atoms with Crippen molar-refractivity contribution in [2.24, 2.45) is 5.92 Å². The van der Waals surface area contributed by atoms with Gasteiger partial charge in [0.1, 0.15) is 17.3 Å². The summed E-state index contributed by atoms with van der Waals surface area (Å²) in [7, 11) is 0. The van der Waals surface area contributed by atoms with Gasteiger partial charge in [-0.3, -0.25) is 4.79 Å². The maximum absolute atomic E-state index is 13.8. The summed E-state index contributed by atoms with van der Waals surface area (Å²) in [4.78, 5) is 19.8. The summed E-state index contributed by atoms with van der Waals surface area (Å²) in [6, 6.07) is 8.68. The van der Waals surface area contributed by atoms with Gasteiger partial charge in [-0.25, -0.2) is 13.9 Å². The van der Waals surface area contributed by atoms with Crippen molar-refractivity contribution in [1.29, 1.82) is 0 Å². The van der Waals surface area contributed by atoms with Gasteiger partial charge in [0, 0.05) is 18.7 Å². The predicted molar refractivity (Wildman–Crippen MR) is 122 cm³/mol. The van der Waals surface area contributed by atoms with E-state index in [4.69, 9.17) is 4.98 Å². The fraction of sp³-hybridized carbons (Fsp3) is 0.458. The molecule has 1 aliphatic rings. The molecule has 1 saturated heterocycles. The number of fused-ring (bicyclic) bond motifs is 1. The number of nitrogens with one attached hydrogen (secondary N) is 1. The molecule has 1 amide bonds. The molecule has 3 heterocycles. The fourth-order valence-corrected chi connectivity index (χ4v) is 4.40. The van der Waals surface area contributed by atoms with Gasteiger partial charge in [-0.1, -0.05) is 26.0 Å². The van der Waals surface area contributed by atoms with Gasteiger partial charge in [0.2, 0.25) is 5.91 Å². The quantitative estimate of drug-likeness (QED) is 0.546. The average Bonchev–Trinajstić information content (AvgIpc) is 3.44. The lowest BCUT2D eigenvalue weighted by molar-refractivity contribution is -0.121. The Morgan fingerprint density at radius 1 is 1.31 bits per heavy atom. The SMILES string of the molecule is CCC(O)CC(CC)C(=O)Nc1cnn2ccc(N3CCCC3c3cccc(F)c3)nc12. The van der Waals surface area contributed by atoms with Gasteiger partial charge in [0.05, 0.1) is 18.3 Å². The van der Waals surface area contributed by atoms with Crippen LogP contribution in [0.25, 0.3) is 5.65 Å². The molecule has 3 aromatic rings. The minimum absolute atomic E-state index is 0.0571. The smallest absolute Gasteiger partial charge is 0.227 e. The summed E-state index contributed by atoms with van der Waals surface area (Å²) < 4.78 is 15.4. The standard InChI is InChI=1S/C24H30FN5O2/c1-3-16(14-19(31)4-2)24(32)27-20-15-26-30-12-10-22(28-23(20)30)29-11-6-9-21(29)17-7-5-8-18(25)13-17/h5,7-8,10,12-13,15-16,19,21,31H,3-4,6,9,11,14H2,1-2H3,(H,27,32). The monoisotopic (exact) mass is 439 g/mol. The lowest BCUT2D eigenvalue weighted by Gasteiger charge is -2.26. The Kier molecular flexibility index (Phi) is 6.69. The van der Waals surface area contributed by atoms with E-state index in [-0.39, 0.29) is 23.7 Å². The Morgan fingerprint density at radius 2 is 2.16 bits per heavy atom. The zero-order valence-electron chi connectivity index (χ0n) is 18.5. The molecule has 7 nitrogen and oxygen atoms in total. The minimum Gasteiger partial charge on any atom is -0.393 e. The van der Waals surface area contributed by atoms with Crippen LogP contribution in [-0.4, -0.2) is 38.3 Å². The molecule has 0 saturated carbocycles. The van der Waals surface area contributed by atoms with Gasteiger partial charge in [-0.05, 0) is 55.9 Å². The van der Waals surface area contributed by atoms with E-state index in [0.29, 0.717) is 30.6 Å². The van der Waals surface area contributed by atoms with E-state index in [9.17, 15) is 14.3 Å². The third kappa shape index (κ3) is 4.60. The second kappa shape index (κ2) is 9.65. The van der Waals surface area contributed by atoms with Crippen molar-refractivity contribution < 1.29 is 14.3 Å². The van der Waals surface area contributed by atoms with Crippen molar-refractivity contribution >= 4 is 23.1 Å². The molecule has 2 N–H and O–H groups in total. The molecule has 4 rings (SSSR count). The number of benzene rings is 1. The predicted octanol–water partition coefficient (Wildman–Crippen LogP) is 4.34. The molecule has 0 radical (unpaired) electrons. The number of rotatable bonds is 8. The molecular formula is C24H30FN5O2. The fourth-order valence-electron chi connectivity index (χ4n) is 4.40. The number of amides is 1. The second-order valence-corrected chi connectivity index (χ2v) is 8.41. The third-order valence-corrected chi connectivity index (χ3v) is 6.28. The van der Waals surface area contributed by atoms with Crippen molar-refractivity contribution in [2.75, 3.05) is 16.8 Å². The summed E-state index contributed by atoms with van der Waals surface area (Å²) in [6.07, 6.45) is 6.55. The maximum Gasteiger partial charge on any atom is 0.227 e. The second-order valence-electron chi connectivity index (χ2n) is 8.41. The van der Waals surface area contributed by atoms with E-state index in [0.717, 1.165) is 30.8 Å². The van der Waals surface area contributed by atoms with Gasteiger partial charge >= 0.3 is 0 Å². The number of halogens is 1. The largest absolute Gasteiger partial charge is 0.393 e. The van der Waals surface area contributed by atoms with Crippen LogP contribution in [0, 0.1) is 11.7 Å². The van der Waals surface area contributed by atoms with Crippen molar-refractivity contribution in [3.8, 4) is 0 Å². The van der Waals surface area contributed by atoms with E-state index >= 15 is 0 Å². The van der Waals surface area contributed by atoms with Crippen LogP contribution in [0.15, 0.2) is 42.7 Å². The van der Waals surface area contributed by atoms with Crippen LogP contribution < -0.4 is 10.2 Å².